The van der Waals surface area contributed by atoms with Gasteiger partial charge in [0.25, 0.3) is 0 Å². The summed E-state index contributed by atoms with van der Waals surface area (Å²) in [6.45, 7) is 0.563. The molecule has 0 atom stereocenters. The van der Waals surface area contributed by atoms with Crippen LogP contribution in [0.15, 0.2) is 51.6 Å². The molecule has 5 nitrogen and oxygen atoms in total. The lowest BCUT2D eigenvalue weighted by Crippen LogP contribution is -2.27. The first kappa shape index (κ1) is 19.2. The Balaban J connectivity index is 1.48. The second kappa shape index (κ2) is 8.51. The molecule has 8 heteroatoms. The molecule has 1 aliphatic carbocycles. The number of hydrogen-bond donors (Lipinski definition) is 1. The molecule has 28 heavy (non-hydrogen) atoms. The predicted molar refractivity (Wildman–Crippen MR) is 115 cm³/mol. The van der Waals surface area contributed by atoms with E-state index in [1.54, 1.807) is 40.2 Å². The first-order valence-electron chi connectivity index (χ1n) is 8.93. The van der Waals surface area contributed by atoms with Crippen molar-refractivity contribution in [1.82, 2.24) is 9.55 Å². The molecule has 1 amide bonds. The van der Waals surface area contributed by atoms with Crippen molar-refractivity contribution in [2.45, 2.75) is 30.8 Å². The van der Waals surface area contributed by atoms with E-state index in [9.17, 15) is 9.59 Å². The first-order valence-corrected chi connectivity index (χ1v) is 11.2. The number of nitrogens with zero attached hydrogens (tertiary/aromatic N) is 2. The summed E-state index contributed by atoms with van der Waals surface area (Å²) in [7, 11) is 0. The van der Waals surface area contributed by atoms with Crippen molar-refractivity contribution in [2.24, 2.45) is 0 Å². The summed E-state index contributed by atoms with van der Waals surface area (Å²) in [5, 5.41) is 6.15. The summed E-state index contributed by atoms with van der Waals surface area (Å²) < 4.78 is 1.78. The average Bonchev–Trinajstić information content (AvgIpc) is 3.36. The minimum atomic E-state index is -0.241. The maximum Gasteiger partial charge on any atom is 0.349 e. The summed E-state index contributed by atoms with van der Waals surface area (Å²) in [5.74, 6) is 0.0693. The molecule has 144 valence electrons. The zero-order valence-electron chi connectivity index (χ0n) is 15.0. The normalized spacial score (nSPS) is 12.8. The Morgan fingerprint density at radius 3 is 2.82 bits per heavy atom. The van der Waals surface area contributed by atoms with Crippen LogP contribution < -0.4 is 11.0 Å². The van der Waals surface area contributed by atoms with E-state index in [0.717, 1.165) is 35.4 Å². The molecule has 1 aliphatic rings. The van der Waals surface area contributed by atoms with E-state index >= 15 is 0 Å². The number of carbonyl (C=O) groups excluding carboxylic acids is 1. The van der Waals surface area contributed by atoms with Crippen LogP contribution in [-0.4, -0.2) is 21.2 Å². The Hall–Kier alpha value is -2.09. The molecule has 4 rings (SSSR count). The SMILES string of the molecule is O=C(CSc1nc(=O)n(Cc2cccs2)c2c1CCC2)Nc1ccc(Cl)cc1. The third kappa shape index (κ3) is 4.32. The number of rotatable bonds is 6. The van der Waals surface area contributed by atoms with Crippen LogP contribution >= 0.6 is 34.7 Å². The van der Waals surface area contributed by atoms with Crippen LogP contribution in [0.25, 0.3) is 0 Å². The van der Waals surface area contributed by atoms with Gasteiger partial charge in [-0.2, -0.15) is 4.98 Å². The Bertz CT molecular complexity index is 1050. The highest BCUT2D eigenvalue weighted by atomic mass is 35.5. The lowest BCUT2D eigenvalue weighted by molar-refractivity contribution is -0.113. The third-order valence-electron chi connectivity index (χ3n) is 4.56. The van der Waals surface area contributed by atoms with Crippen molar-refractivity contribution in [3.8, 4) is 0 Å². The van der Waals surface area contributed by atoms with Crippen molar-refractivity contribution < 1.29 is 4.79 Å². The van der Waals surface area contributed by atoms with Gasteiger partial charge in [0.1, 0.15) is 5.03 Å². The molecule has 0 spiro atoms. The highest BCUT2D eigenvalue weighted by Gasteiger charge is 2.22. The second-order valence-electron chi connectivity index (χ2n) is 6.49. The fourth-order valence-corrected chi connectivity index (χ4v) is 4.99. The molecule has 0 fully saturated rings. The molecule has 0 aliphatic heterocycles. The van der Waals surface area contributed by atoms with Crippen molar-refractivity contribution in [3.63, 3.8) is 0 Å². The van der Waals surface area contributed by atoms with Crippen LogP contribution in [0.4, 0.5) is 5.69 Å². The Labute approximate surface area is 175 Å². The minimum absolute atomic E-state index is 0.136. The fraction of sp³-hybridized carbons (Fsp3) is 0.250. The third-order valence-corrected chi connectivity index (χ3v) is 6.69. The highest BCUT2D eigenvalue weighted by Crippen LogP contribution is 2.30. The van der Waals surface area contributed by atoms with Crippen LogP contribution in [0, 0.1) is 0 Å². The molecule has 2 aromatic heterocycles. The number of aromatic nitrogens is 2. The van der Waals surface area contributed by atoms with Gasteiger partial charge in [0.15, 0.2) is 0 Å². The Kier molecular flexibility index (Phi) is 5.85. The van der Waals surface area contributed by atoms with Gasteiger partial charge < -0.3 is 5.32 Å². The molecule has 0 saturated carbocycles. The Morgan fingerprint density at radius 2 is 2.07 bits per heavy atom. The van der Waals surface area contributed by atoms with Gasteiger partial charge >= 0.3 is 5.69 Å². The Morgan fingerprint density at radius 1 is 1.25 bits per heavy atom. The van der Waals surface area contributed by atoms with E-state index in [4.69, 9.17) is 11.6 Å². The second-order valence-corrected chi connectivity index (χ2v) is 8.92. The van der Waals surface area contributed by atoms with Gasteiger partial charge in [-0.25, -0.2) is 4.79 Å². The van der Waals surface area contributed by atoms with Gasteiger partial charge in [-0.3, -0.25) is 9.36 Å². The average molecular weight is 432 g/mol. The van der Waals surface area contributed by atoms with Crippen LogP contribution in [-0.2, 0) is 24.2 Å². The van der Waals surface area contributed by atoms with Crippen molar-refractivity contribution in [1.29, 1.82) is 0 Å². The maximum atomic E-state index is 12.6. The number of carbonyl (C=O) groups is 1. The maximum absolute atomic E-state index is 12.6. The van der Waals surface area contributed by atoms with Crippen LogP contribution in [0.2, 0.25) is 5.02 Å². The van der Waals surface area contributed by atoms with Gasteiger partial charge in [-0.15, -0.1) is 11.3 Å². The zero-order chi connectivity index (χ0) is 19.5. The molecule has 1 N–H and O–H groups in total. The number of thiophene rings is 1. The molecule has 2 heterocycles. The van der Waals surface area contributed by atoms with Crippen LogP contribution in [0.1, 0.15) is 22.6 Å². The quantitative estimate of drug-likeness (QED) is 0.468. The molecular formula is C20H18ClN3O2S2. The largest absolute Gasteiger partial charge is 0.349 e. The van der Waals surface area contributed by atoms with Gasteiger partial charge in [-0.1, -0.05) is 29.4 Å². The number of thioether (sulfide) groups is 1. The lowest BCUT2D eigenvalue weighted by Gasteiger charge is -2.13. The summed E-state index contributed by atoms with van der Waals surface area (Å²) in [6.07, 6.45) is 2.78. The van der Waals surface area contributed by atoms with E-state index < -0.39 is 0 Å². The number of anilines is 1. The zero-order valence-corrected chi connectivity index (χ0v) is 17.4. The molecule has 3 aromatic rings. The summed E-state index contributed by atoms with van der Waals surface area (Å²) in [5.41, 5.74) is 2.63. The lowest BCUT2D eigenvalue weighted by atomic mass is 10.2. The summed E-state index contributed by atoms with van der Waals surface area (Å²) in [6, 6.07) is 11.0. The number of amides is 1. The monoisotopic (exact) mass is 431 g/mol. The summed E-state index contributed by atoms with van der Waals surface area (Å²) in [4.78, 5) is 30.3. The van der Waals surface area contributed by atoms with E-state index in [0.29, 0.717) is 22.3 Å². The smallest absolute Gasteiger partial charge is 0.325 e. The number of benzene rings is 1. The number of halogens is 1. The predicted octanol–water partition coefficient (Wildman–Crippen LogP) is 4.23. The standard InChI is InChI=1S/C20H18ClN3O2S2/c21-13-6-8-14(9-7-13)22-18(25)12-28-19-16-4-1-5-17(16)24(20(26)23-19)11-15-3-2-10-27-15/h2-3,6-10H,1,4-5,11-12H2,(H,22,25). The van der Waals surface area contributed by atoms with Crippen molar-refractivity contribution in [2.75, 3.05) is 11.1 Å². The van der Waals surface area contributed by atoms with Crippen molar-refractivity contribution >= 4 is 46.3 Å². The first-order chi connectivity index (χ1) is 13.6. The van der Waals surface area contributed by atoms with E-state index in [2.05, 4.69) is 10.3 Å². The number of fused-ring (bicyclic) bond motifs is 1. The fourth-order valence-electron chi connectivity index (χ4n) is 3.29. The molecule has 1 aromatic carbocycles. The molecular weight excluding hydrogens is 414 g/mol. The number of nitrogens with one attached hydrogen (secondary N) is 1. The van der Waals surface area contributed by atoms with Crippen molar-refractivity contribution in [3.05, 3.63) is 73.4 Å². The van der Waals surface area contributed by atoms with Crippen LogP contribution in [0.5, 0.6) is 0 Å². The van der Waals surface area contributed by atoms with Crippen LogP contribution in [0.3, 0.4) is 0 Å². The van der Waals surface area contributed by atoms with Gasteiger partial charge in [0, 0.05) is 26.8 Å². The van der Waals surface area contributed by atoms with Gasteiger partial charge in [0.05, 0.1) is 12.3 Å². The number of hydrogen-bond acceptors (Lipinski definition) is 5. The van der Waals surface area contributed by atoms with E-state index in [1.165, 1.54) is 11.8 Å². The van der Waals surface area contributed by atoms with E-state index in [1.807, 2.05) is 17.5 Å². The molecule has 0 radical (unpaired) electrons. The van der Waals surface area contributed by atoms with Gasteiger partial charge in [0.2, 0.25) is 5.91 Å². The topological polar surface area (TPSA) is 64.0 Å². The van der Waals surface area contributed by atoms with Gasteiger partial charge in [-0.05, 0) is 55.0 Å². The molecule has 0 unspecified atom stereocenters. The minimum Gasteiger partial charge on any atom is -0.325 e. The van der Waals surface area contributed by atoms with E-state index in [-0.39, 0.29) is 17.3 Å². The molecule has 0 bridgehead atoms. The highest BCUT2D eigenvalue weighted by molar-refractivity contribution is 8.00. The molecule has 0 saturated heterocycles. The summed E-state index contributed by atoms with van der Waals surface area (Å²) >= 11 is 8.82.